The second kappa shape index (κ2) is 15.4. The summed E-state index contributed by atoms with van der Waals surface area (Å²) in [7, 11) is 0. The first-order valence-electron chi connectivity index (χ1n) is 17.2. The molecule has 1 aliphatic carbocycles. The molecule has 0 bridgehead atoms. The lowest BCUT2D eigenvalue weighted by molar-refractivity contribution is -0.127. The maximum Gasteiger partial charge on any atom is 0.249 e. The van der Waals surface area contributed by atoms with E-state index in [-0.39, 0.29) is 29.2 Å². The van der Waals surface area contributed by atoms with Gasteiger partial charge in [-0.3, -0.25) is 9.59 Å². The highest BCUT2D eigenvalue weighted by Gasteiger charge is 2.39. The highest BCUT2D eigenvalue weighted by Crippen LogP contribution is 2.45. The second-order valence-electron chi connectivity index (χ2n) is 13.7. The minimum atomic E-state index is -0.681. The van der Waals surface area contributed by atoms with Crippen LogP contribution in [0, 0.1) is 11.8 Å². The summed E-state index contributed by atoms with van der Waals surface area (Å²) in [6.07, 6.45) is 14.3. The molecule has 4 atom stereocenters. The number of rotatable bonds is 11. The zero-order chi connectivity index (χ0) is 31.7. The van der Waals surface area contributed by atoms with E-state index in [0.717, 1.165) is 75.4 Å². The SMILES string of the molecule is CCCC(C)[C@]1(c2ccccc2)CCC/C(CC2(O)CCC2)=C(/C)C(=O)N(CCC(N)=NC2NC=CC(=O)C2CC)CCC1. The molecule has 0 saturated heterocycles. The van der Waals surface area contributed by atoms with Crippen molar-refractivity contribution < 1.29 is 14.7 Å². The van der Waals surface area contributed by atoms with Crippen molar-refractivity contribution in [2.75, 3.05) is 13.1 Å². The van der Waals surface area contributed by atoms with Gasteiger partial charge in [0, 0.05) is 31.3 Å². The van der Waals surface area contributed by atoms with Crippen molar-refractivity contribution in [2.24, 2.45) is 22.6 Å². The second-order valence-corrected chi connectivity index (χ2v) is 13.7. The number of aliphatic imine (C=N–C) groups is 1. The van der Waals surface area contributed by atoms with Gasteiger partial charge in [-0.1, -0.05) is 69.5 Å². The molecule has 3 unspecified atom stereocenters. The Labute approximate surface area is 265 Å². The summed E-state index contributed by atoms with van der Waals surface area (Å²) in [6.45, 7) is 9.75. The Morgan fingerprint density at radius 3 is 2.50 bits per heavy atom. The van der Waals surface area contributed by atoms with Crippen LogP contribution in [0.15, 0.2) is 58.7 Å². The van der Waals surface area contributed by atoms with Crippen molar-refractivity contribution >= 4 is 17.5 Å². The third-order valence-electron chi connectivity index (χ3n) is 10.8. The molecule has 0 aromatic heterocycles. The first kappa shape index (κ1) is 34.0. The molecular weight excluding hydrogens is 548 g/mol. The van der Waals surface area contributed by atoms with Crippen LogP contribution in [0.2, 0.25) is 0 Å². The quantitative estimate of drug-likeness (QED) is 0.196. The number of nitrogens with one attached hydrogen (secondary N) is 1. The Morgan fingerprint density at radius 2 is 1.84 bits per heavy atom. The molecule has 3 aliphatic rings. The molecule has 7 nitrogen and oxygen atoms in total. The van der Waals surface area contributed by atoms with Crippen molar-refractivity contribution in [3.8, 4) is 0 Å². The monoisotopic (exact) mass is 604 g/mol. The number of hydrogen-bond acceptors (Lipinski definition) is 5. The average molecular weight is 605 g/mol. The van der Waals surface area contributed by atoms with E-state index in [1.165, 1.54) is 5.56 Å². The third-order valence-corrected chi connectivity index (χ3v) is 10.8. The zero-order valence-electron chi connectivity index (χ0n) is 27.6. The first-order valence-corrected chi connectivity index (χ1v) is 17.2. The molecule has 1 saturated carbocycles. The molecule has 4 N–H and O–H groups in total. The molecule has 1 amide bonds. The Kier molecular flexibility index (Phi) is 11.9. The van der Waals surface area contributed by atoms with E-state index in [1.54, 1.807) is 12.3 Å². The summed E-state index contributed by atoms with van der Waals surface area (Å²) in [5.41, 5.74) is 9.09. The Hall–Kier alpha value is -2.93. The molecule has 2 aliphatic heterocycles. The van der Waals surface area contributed by atoms with Gasteiger partial charge in [0.25, 0.3) is 0 Å². The Bertz CT molecular complexity index is 1220. The van der Waals surface area contributed by atoms with Crippen LogP contribution < -0.4 is 11.1 Å². The number of allylic oxidation sites excluding steroid dienone is 1. The van der Waals surface area contributed by atoms with E-state index in [2.05, 4.69) is 54.5 Å². The van der Waals surface area contributed by atoms with E-state index in [9.17, 15) is 14.7 Å². The van der Waals surface area contributed by atoms with Crippen LogP contribution in [0.1, 0.15) is 117 Å². The summed E-state index contributed by atoms with van der Waals surface area (Å²) in [6, 6.07) is 11.0. The molecule has 0 spiro atoms. The summed E-state index contributed by atoms with van der Waals surface area (Å²) in [5.74, 6) is 0.838. The van der Waals surface area contributed by atoms with Gasteiger partial charge < -0.3 is 21.1 Å². The minimum absolute atomic E-state index is 0.0328. The van der Waals surface area contributed by atoms with Crippen molar-refractivity contribution in [3.05, 3.63) is 59.3 Å². The van der Waals surface area contributed by atoms with Gasteiger partial charge in [-0.2, -0.15) is 0 Å². The number of amides is 1. The maximum atomic E-state index is 14.1. The highest BCUT2D eigenvalue weighted by atomic mass is 16.3. The average Bonchev–Trinajstić information content (AvgIpc) is 3.02. The molecular formula is C37H56N4O3. The summed E-state index contributed by atoms with van der Waals surface area (Å²) < 4.78 is 0. The number of ketones is 1. The zero-order valence-corrected chi connectivity index (χ0v) is 27.6. The molecule has 242 valence electrons. The molecule has 2 heterocycles. The molecule has 1 aromatic carbocycles. The van der Waals surface area contributed by atoms with Gasteiger partial charge in [-0.15, -0.1) is 0 Å². The van der Waals surface area contributed by atoms with Gasteiger partial charge in [-0.05, 0) is 94.1 Å². The van der Waals surface area contributed by atoms with Crippen molar-refractivity contribution in [3.63, 3.8) is 0 Å². The van der Waals surface area contributed by atoms with Crippen LogP contribution in [0.3, 0.4) is 0 Å². The van der Waals surface area contributed by atoms with E-state index >= 15 is 0 Å². The van der Waals surface area contributed by atoms with Gasteiger partial charge in [0.2, 0.25) is 5.91 Å². The lowest BCUT2D eigenvalue weighted by atomic mass is 9.63. The van der Waals surface area contributed by atoms with E-state index < -0.39 is 5.60 Å². The molecule has 7 heteroatoms. The van der Waals surface area contributed by atoms with Crippen LogP contribution in [-0.2, 0) is 15.0 Å². The van der Waals surface area contributed by atoms with Gasteiger partial charge in [0.1, 0.15) is 6.17 Å². The lowest BCUT2D eigenvalue weighted by Gasteiger charge is -2.41. The Morgan fingerprint density at radius 1 is 1.11 bits per heavy atom. The number of carbonyl (C=O) groups excluding carboxylic acids is 2. The number of carbonyl (C=O) groups is 2. The predicted molar refractivity (Wildman–Crippen MR) is 179 cm³/mol. The van der Waals surface area contributed by atoms with Crippen LogP contribution in [0.4, 0.5) is 0 Å². The third kappa shape index (κ3) is 8.01. The number of amidine groups is 1. The topological polar surface area (TPSA) is 108 Å². The molecule has 1 fully saturated rings. The van der Waals surface area contributed by atoms with Gasteiger partial charge in [-0.25, -0.2) is 4.99 Å². The normalized spacial score (nSPS) is 29.0. The van der Waals surface area contributed by atoms with E-state index in [4.69, 9.17) is 5.73 Å². The first-order chi connectivity index (χ1) is 21.1. The van der Waals surface area contributed by atoms with E-state index in [0.29, 0.717) is 44.1 Å². The summed E-state index contributed by atoms with van der Waals surface area (Å²) in [5, 5.41) is 14.4. The fourth-order valence-corrected chi connectivity index (χ4v) is 7.81. The Balaban J connectivity index is 1.62. The molecule has 4 rings (SSSR count). The minimum Gasteiger partial charge on any atom is -0.390 e. The number of hydrogen-bond donors (Lipinski definition) is 3. The van der Waals surface area contributed by atoms with Gasteiger partial charge in [0.05, 0.1) is 17.4 Å². The molecule has 0 radical (unpaired) electrons. The lowest BCUT2D eigenvalue weighted by Crippen LogP contribution is -2.41. The highest BCUT2D eigenvalue weighted by molar-refractivity contribution is 5.94. The van der Waals surface area contributed by atoms with Crippen molar-refractivity contribution in [1.29, 1.82) is 0 Å². The van der Waals surface area contributed by atoms with E-state index in [1.807, 2.05) is 18.7 Å². The standard InChI is InChI=1S/C37H56N4O3/c1-5-13-27(3)37(30-15-8-7-9-16-30)21-10-14-29(26-36(44)19-11-20-36)28(4)35(43)41(24-12-22-37)25-18-33(38)40-34-31(6-2)32(42)17-23-39-34/h7-9,15-17,23,27,31,34,39,44H,5-6,10-14,18-22,24-26H2,1-4H3,(H2,38,40)/b29-28+/t27?,31?,34?,37-/m0/s1. The predicted octanol–water partition coefficient (Wildman–Crippen LogP) is 6.56. The van der Waals surface area contributed by atoms with Gasteiger partial charge in [0.15, 0.2) is 5.78 Å². The maximum absolute atomic E-state index is 14.1. The molecule has 1 aromatic rings. The van der Waals surface area contributed by atoms with Gasteiger partial charge >= 0.3 is 0 Å². The smallest absolute Gasteiger partial charge is 0.249 e. The number of nitrogens with zero attached hydrogens (tertiary/aromatic N) is 2. The van der Waals surface area contributed by atoms with Crippen LogP contribution in [0.5, 0.6) is 0 Å². The molecule has 44 heavy (non-hydrogen) atoms. The summed E-state index contributed by atoms with van der Waals surface area (Å²) in [4.78, 5) is 33.1. The van der Waals surface area contributed by atoms with Crippen molar-refractivity contribution in [2.45, 2.75) is 128 Å². The largest absolute Gasteiger partial charge is 0.390 e. The fourth-order valence-electron chi connectivity index (χ4n) is 7.81. The summed E-state index contributed by atoms with van der Waals surface area (Å²) >= 11 is 0. The fraction of sp³-hybridized carbons (Fsp3) is 0.649. The van der Waals surface area contributed by atoms with Crippen LogP contribution in [-0.4, -0.2) is 52.4 Å². The van der Waals surface area contributed by atoms with Crippen molar-refractivity contribution in [1.82, 2.24) is 10.2 Å². The number of aliphatic hydroxyl groups is 1. The van der Waals surface area contributed by atoms with Crippen LogP contribution in [0.25, 0.3) is 0 Å². The number of benzene rings is 1. The van der Waals surface area contributed by atoms with Crippen LogP contribution >= 0.6 is 0 Å². The number of nitrogens with two attached hydrogens (primary N) is 1.